The second kappa shape index (κ2) is 9.72. The molecule has 0 atom stereocenters. The van der Waals surface area contributed by atoms with E-state index in [0.29, 0.717) is 32.3 Å². The highest BCUT2D eigenvalue weighted by Gasteiger charge is 2.15. The predicted octanol–water partition coefficient (Wildman–Crippen LogP) is 8.65. The van der Waals surface area contributed by atoms with Crippen molar-refractivity contribution in [3.8, 4) is 11.1 Å². The number of hydrogen-bond donors (Lipinski definition) is 0. The van der Waals surface area contributed by atoms with Crippen LogP contribution in [0.25, 0.3) is 11.1 Å². The van der Waals surface area contributed by atoms with E-state index in [-0.39, 0.29) is 11.6 Å². The zero-order valence-electron chi connectivity index (χ0n) is 16.4. The number of benzene rings is 4. The van der Waals surface area contributed by atoms with E-state index in [9.17, 15) is 9.59 Å². The lowest BCUT2D eigenvalue weighted by atomic mass is 9.97. The third-order valence-corrected chi connectivity index (χ3v) is 6.62. The summed E-state index contributed by atoms with van der Waals surface area (Å²) in [5.41, 5.74) is 3.85. The second-order valence-corrected chi connectivity index (χ2v) is 9.71. The molecule has 0 aliphatic carbocycles. The van der Waals surface area contributed by atoms with E-state index in [0.717, 1.165) is 20.1 Å². The minimum absolute atomic E-state index is 0.144. The van der Waals surface area contributed by atoms with Gasteiger partial charge in [-0.1, -0.05) is 104 Å². The lowest BCUT2D eigenvalue weighted by molar-refractivity contribution is 0.103. The maximum absolute atomic E-state index is 12.8. The SMILES string of the molecule is O=C(c1ccc(-c2ccc(C(=O)c3cc(Br)ccc3Cl)cc2)cc1)c1cc(Br)ccc1Cl. The van der Waals surface area contributed by atoms with Crippen LogP contribution in [0.15, 0.2) is 93.9 Å². The monoisotopic (exact) mass is 586 g/mol. The molecule has 0 amide bonds. The summed E-state index contributed by atoms with van der Waals surface area (Å²) in [5, 5.41) is 0.821. The molecule has 0 saturated carbocycles. The molecule has 0 aliphatic rings. The number of carbonyl (C=O) groups excluding carboxylic acids is 2. The van der Waals surface area contributed by atoms with Gasteiger partial charge in [0.05, 0.1) is 10.0 Å². The van der Waals surface area contributed by atoms with Gasteiger partial charge in [-0.15, -0.1) is 0 Å². The number of hydrogen-bond acceptors (Lipinski definition) is 2. The fourth-order valence-corrected chi connectivity index (χ4v) is 4.41. The molecule has 0 N–H and O–H groups in total. The summed E-state index contributed by atoms with van der Waals surface area (Å²) in [7, 11) is 0. The molecule has 0 saturated heterocycles. The lowest BCUT2D eigenvalue weighted by Gasteiger charge is -2.08. The quantitative estimate of drug-likeness (QED) is 0.219. The summed E-state index contributed by atoms with van der Waals surface area (Å²) in [6, 6.07) is 25.0. The average Bonchev–Trinajstić information content (AvgIpc) is 2.81. The van der Waals surface area contributed by atoms with Gasteiger partial charge in [0.1, 0.15) is 0 Å². The van der Waals surface area contributed by atoms with Crippen LogP contribution in [0.3, 0.4) is 0 Å². The molecule has 0 bridgehead atoms. The van der Waals surface area contributed by atoms with Crippen molar-refractivity contribution < 1.29 is 9.59 Å². The molecule has 158 valence electrons. The highest BCUT2D eigenvalue weighted by molar-refractivity contribution is 9.10. The Bertz CT molecular complexity index is 1230. The Kier molecular flexibility index (Phi) is 6.96. The summed E-state index contributed by atoms with van der Waals surface area (Å²) in [6.45, 7) is 0. The van der Waals surface area contributed by atoms with E-state index in [1.54, 1.807) is 60.7 Å². The van der Waals surface area contributed by atoms with Gasteiger partial charge in [-0.3, -0.25) is 9.59 Å². The molecule has 0 spiro atoms. The molecular weight excluding hydrogens is 575 g/mol. The summed E-state index contributed by atoms with van der Waals surface area (Å²) in [5.74, 6) is -0.288. The van der Waals surface area contributed by atoms with Crippen LogP contribution in [0.5, 0.6) is 0 Å². The first-order valence-electron chi connectivity index (χ1n) is 9.53. The van der Waals surface area contributed by atoms with Crippen LogP contribution in [0.1, 0.15) is 31.8 Å². The topological polar surface area (TPSA) is 34.1 Å². The van der Waals surface area contributed by atoms with Crippen LogP contribution < -0.4 is 0 Å². The van der Waals surface area contributed by atoms with Crippen LogP contribution in [0, 0.1) is 0 Å². The van der Waals surface area contributed by atoms with Crippen molar-refractivity contribution in [2.75, 3.05) is 0 Å². The molecule has 0 aliphatic heterocycles. The first-order chi connectivity index (χ1) is 15.3. The van der Waals surface area contributed by atoms with Crippen LogP contribution in [-0.2, 0) is 0 Å². The van der Waals surface area contributed by atoms with Gasteiger partial charge in [0.25, 0.3) is 0 Å². The summed E-state index contributed by atoms with van der Waals surface area (Å²) in [6.07, 6.45) is 0. The minimum Gasteiger partial charge on any atom is -0.289 e. The molecule has 32 heavy (non-hydrogen) atoms. The van der Waals surface area contributed by atoms with Crippen molar-refractivity contribution in [3.05, 3.63) is 126 Å². The minimum atomic E-state index is -0.144. The number of carbonyl (C=O) groups is 2. The van der Waals surface area contributed by atoms with Crippen molar-refractivity contribution in [1.82, 2.24) is 0 Å². The summed E-state index contributed by atoms with van der Waals surface area (Å²) in [4.78, 5) is 25.6. The summed E-state index contributed by atoms with van der Waals surface area (Å²) < 4.78 is 1.58. The molecule has 0 fully saturated rings. The van der Waals surface area contributed by atoms with Crippen molar-refractivity contribution in [2.24, 2.45) is 0 Å². The van der Waals surface area contributed by atoms with Gasteiger partial charge in [-0.25, -0.2) is 0 Å². The van der Waals surface area contributed by atoms with E-state index in [4.69, 9.17) is 23.2 Å². The van der Waals surface area contributed by atoms with Crippen LogP contribution in [0.2, 0.25) is 10.0 Å². The maximum Gasteiger partial charge on any atom is 0.194 e. The van der Waals surface area contributed by atoms with Crippen LogP contribution in [-0.4, -0.2) is 11.6 Å². The standard InChI is InChI=1S/C26H14Br2Cl2O2/c27-19-9-11-23(29)21(13-19)25(31)17-5-1-15(2-6-17)16-3-7-18(8-4-16)26(32)22-14-20(28)10-12-24(22)30/h1-14H. The molecule has 0 heterocycles. The Morgan fingerprint density at radius 2 is 0.875 bits per heavy atom. The molecule has 4 rings (SSSR count). The van der Waals surface area contributed by atoms with Crippen LogP contribution in [0.4, 0.5) is 0 Å². The summed E-state index contributed by atoms with van der Waals surface area (Å²) >= 11 is 19.1. The van der Waals surface area contributed by atoms with Crippen LogP contribution >= 0.6 is 55.1 Å². The zero-order chi connectivity index (χ0) is 22.8. The van der Waals surface area contributed by atoms with Crippen molar-refractivity contribution in [1.29, 1.82) is 0 Å². The average molecular weight is 589 g/mol. The predicted molar refractivity (Wildman–Crippen MR) is 137 cm³/mol. The fraction of sp³-hybridized carbons (Fsp3) is 0. The molecule has 4 aromatic rings. The largest absolute Gasteiger partial charge is 0.289 e. The zero-order valence-corrected chi connectivity index (χ0v) is 21.1. The third kappa shape index (κ3) is 4.89. The Hall–Kier alpha value is -2.24. The lowest BCUT2D eigenvalue weighted by Crippen LogP contribution is -2.02. The van der Waals surface area contributed by atoms with E-state index >= 15 is 0 Å². The van der Waals surface area contributed by atoms with Crippen molar-refractivity contribution >= 4 is 66.6 Å². The second-order valence-electron chi connectivity index (χ2n) is 7.06. The van der Waals surface area contributed by atoms with Gasteiger partial charge < -0.3 is 0 Å². The maximum atomic E-state index is 12.8. The van der Waals surface area contributed by atoms with Gasteiger partial charge in [0.2, 0.25) is 0 Å². The first kappa shape index (κ1) is 22.9. The first-order valence-corrected chi connectivity index (χ1v) is 11.9. The van der Waals surface area contributed by atoms with Gasteiger partial charge >= 0.3 is 0 Å². The number of rotatable bonds is 5. The van der Waals surface area contributed by atoms with Crippen molar-refractivity contribution in [3.63, 3.8) is 0 Å². The normalized spacial score (nSPS) is 10.8. The Labute approximate surface area is 212 Å². The Morgan fingerprint density at radius 1 is 0.531 bits per heavy atom. The fourth-order valence-electron chi connectivity index (χ4n) is 3.28. The van der Waals surface area contributed by atoms with E-state index in [1.807, 2.05) is 24.3 Å². The molecule has 2 nitrogen and oxygen atoms in total. The van der Waals surface area contributed by atoms with Gasteiger partial charge in [0.15, 0.2) is 11.6 Å². The van der Waals surface area contributed by atoms with E-state index in [1.165, 1.54) is 0 Å². The highest BCUT2D eigenvalue weighted by Crippen LogP contribution is 2.27. The van der Waals surface area contributed by atoms with E-state index in [2.05, 4.69) is 31.9 Å². The van der Waals surface area contributed by atoms with Gasteiger partial charge in [-0.05, 0) is 47.5 Å². The molecular formula is C26H14Br2Cl2O2. The molecule has 4 aromatic carbocycles. The van der Waals surface area contributed by atoms with Gasteiger partial charge in [-0.2, -0.15) is 0 Å². The number of ketones is 2. The van der Waals surface area contributed by atoms with E-state index < -0.39 is 0 Å². The molecule has 6 heteroatoms. The van der Waals surface area contributed by atoms with Gasteiger partial charge in [0, 0.05) is 31.2 Å². The Balaban J connectivity index is 1.56. The molecule has 0 unspecified atom stereocenters. The highest BCUT2D eigenvalue weighted by atomic mass is 79.9. The smallest absolute Gasteiger partial charge is 0.194 e. The number of halogens is 4. The third-order valence-electron chi connectivity index (χ3n) is 4.97. The Morgan fingerprint density at radius 3 is 1.22 bits per heavy atom. The molecule has 0 radical (unpaired) electrons. The van der Waals surface area contributed by atoms with Crippen molar-refractivity contribution in [2.45, 2.75) is 0 Å². The molecule has 0 aromatic heterocycles.